The van der Waals surface area contributed by atoms with E-state index in [2.05, 4.69) is 15.3 Å². The summed E-state index contributed by atoms with van der Waals surface area (Å²) in [5.41, 5.74) is 5.54. The SMILES string of the molecule is COC(=O)c1ccc(/C=N/NC(=O)[C@H]2CC(=O)N(c3ccc(C)cc3)C2)cc1. The number of carbonyl (C=O) groups excluding carboxylic acids is 3. The summed E-state index contributed by atoms with van der Waals surface area (Å²) in [6.45, 7) is 2.31. The molecule has 0 radical (unpaired) electrons. The number of anilines is 1. The van der Waals surface area contributed by atoms with E-state index in [0.717, 1.165) is 16.8 Å². The molecule has 2 amide bonds. The summed E-state index contributed by atoms with van der Waals surface area (Å²) in [6.07, 6.45) is 1.64. The van der Waals surface area contributed by atoms with Gasteiger partial charge in [0.2, 0.25) is 11.8 Å². The van der Waals surface area contributed by atoms with Gasteiger partial charge in [0.05, 0.1) is 24.8 Å². The average molecular weight is 379 g/mol. The minimum Gasteiger partial charge on any atom is -0.465 e. The molecule has 3 rings (SSSR count). The maximum Gasteiger partial charge on any atom is 0.337 e. The van der Waals surface area contributed by atoms with E-state index in [1.54, 1.807) is 29.2 Å². The fraction of sp³-hybridized carbons (Fsp3) is 0.238. The summed E-state index contributed by atoms with van der Waals surface area (Å²) in [5.74, 6) is -1.25. The van der Waals surface area contributed by atoms with E-state index in [-0.39, 0.29) is 18.2 Å². The second-order valence-corrected chi connectivity index (χ2v) is 6.59. The maximum absolute atomic E-state index is 12.3. The van der Waals surface area contributed by atoms with Gasteiger partial charge in [0.1, 0.15) is 0 Å². The van der Waals surface area contributed by atoms with Crippen LogP contribution in [0.2, 0.25) is 0 Å². The molecular weight excluding hydrogens is 358 g/mol. The van der Waals surface area contributed by atoms with Gasteiger partial charge in [0.25, 0.3) is 0 Å². The highest BCUT2D eigenvalue weighted by molar-refractivity contribution is 6.00. The fourth-order valence-electron chi connectivity index (χ4n) is 2.94. The summed E-state index contributed by atoms with van der Waals surface area (Å²) in [6, 6.07) is 14.2. The van der Waals surface area contributed by atoms with Crippen LogP contribution in [0.5, 0.6) is 0 Å². The van der Waals surface area contributed by atoms with E-state index in [0.29, 0.717) is 12.1 Å². The molecule has 0 bridgehead atoms. The Hall–Kier alpha value is -3.48. The number of ether oxygens (including phenoxy) is 1. The van der Waals surface area contributed by atoms with Crippen molar-refractivity contribution in [2.45, 2.75) is 13.3 Å². The van der Waals surface area contributed by atoms with Crippen molar-refractivity contribution in [3.8, 4) is 0 Å². The van der Waals surface area contributed by atoms with Crippen LogP contribution >= 0.6 is 0 Å². The molecule has 1 heterocycles. The van der Waals surface area contributed by atoms with Crippen molar-refractivity contribution < 1.29 is 19.1 Å². The molecule has 2 aromatic rings. The molecular formula is C21H21N3O4. The number of rotatable bonds is 5. The van der Waals surface area contributed by atoms with Gasteiger partial charge >= 0.3 is 5.97 Å². The van der Waals surface area contributed by atoms with Crippen molar-refractivity contribution in [3.63, 3.8) is 0 Å². The number of nitrogens with zero attached hydrogens (tertiary/aromatic N) is 2. The van der Waals surface area contributed by atoms with E-state index in [4.69, 9.17) is 0 Å². The number of hydrogen-bond acceptors (Lipinski definition) is 5. The van der Waals surface area contributed by atoms with Gasteiger partial charge in [-0.1, -0.05) is 29.8 Å². The Morgan fingerprint density at radius 1 is 1.14 bits per heavy atom. The first-order valence-electron chi connectivity index (χ1n) is 8.86. The molecule has 1 N–H and O–H groups in total. The first-order valence-corrected chi connectivity index (χ1v) is 8.86. The average Bonchev–Trinajstić information content (AvgIpc) is 3.10. The van der Waals surface area contributed by atoms with Crippen molar-refractivity contribution in [1.29, 1.82) is 0 Å². The Bertz CT molecular complexity index is 904. The molecule has 0 spiro atoms. The molecule has 1 saturated heterocycles. The highest BCUT2D eigenvalue weighted by Gasteiger charge is 2.35. The molecule has 1 aliphatic heterocycles. The standard InChI is InChI=1S/C21H21N3O4/c1-14-3-9-18(10-4-14)24-13-17(11-19(24)25)20(26)23-22-12-15-5-7-16(8-6-15)21(27)28-2/h3-10,12,17H,11,13H2,1-2H3,(H,23,26)/b22-12+/t17-/m0/s1. The number of carbonyl (C=O) groups is 3. The molecule has 1 fully saturated rings. The minimum atomic E-state index is -0.451. The van der Waals surface area contributed by atoms with Crippen molar-refractivity contribution in [3.05, 3.63) is 65.2 Å². The first kappa shape index (κ1) is 19.3. The zero-order valence-corrected chi connectivity index (χ0v) is 15.7. The molecule has 7 heteroatoms. The van der Waals surface area contributed by atoms with Crippen LogP contribution in [0.15, 0.2) is 53.6 Å². The van der Waals surface area contributed by atoms with E-state index in [1.165, 1.54) is 13.3 Å². The van der Waals surface area contributed by atoms with Gasteiger partial charge < -0.3 is 9.64 Å². The van der Waals surface area contributed by atoms with Crippen molar-refractivity contribution in [1.82, 2.24) is 5.43 Å². The third-order valence-electron chi connectivity index (χ3n) is 4.56. The third kappa shape index (κ3) is 4.43. The predicted molar refractivity (Wildman–Crippen MR) is 105 cm³/mol. The highest BCUT2D eigenvalue weighted by atomic mass is 16.5. The lowest BCUT2D eigenvalue weighted by Crippen LogP contribution is -2.30. The Morgan fingerprint density at radius 2 is 1.82 bits per heavy atom. The van der Waals surface area contributed by atoms with Crippen LogP contribution in [-0.2, 0) is 14.3 Å². The number of methoxy groups -OCH3 is 1. The Balaban J connectivity index is 1.56. The number of amides is 2. The van der Waals surface area contributed by atoms with Crippen LogP contribution in [0.3, 0.4) is 0 Å². The molecule has 2 aromatic carbocycles. The second kappa shape index (κ2) is 8.47. The number of hydrogen-bond donors (Lipinski definition) is 1. The second-order valence-electron chi connectivity index (χ2n) is 6.59. The quantitative estimate of drug-likeness (QED) is 0.490. The van der Waals surface area contributed by atoms with Crippen LogP contribution in [0.4, 0.5) is 5.69 Å². The molecule has 0 aliphatic carbocycles. The molecule has 0 aromatic heterocycles. The summed E-state index contributed by atoms with van der Waals surface area (Å²) in [4.78, 5) is 37.6. The number of hydrazone groups is 1. The van der Waals surface area contributed by atoms with Gasteiger partial charge in [-0.25, -0.2) is 10.2 Å². The molecule has 0 saturated carbocycles. The van der Waals surface area contributed by atoms with Crippen LogP contribution in [0.1, 0.15) is 27.9 Å². The monoisotopic (exact) mass is 379 g/mol. The lowest BCUT2D eigenvalue weighted by atomic mass is 10.1. The van der Waals surface area contributed by atoms with Gasteiger partial charge in [-0.15, -0.1) is 0 Å². The minimum absolute atomic E-state index is 0.0774. The van der Waals surface area contributed by atoms with Crippen molar-refractivity contribution >= 4 is 29.7 Å². The van der Waals surface area contributed by atoms with Gasteiger partial charge in [0, 0.05) is 18.7 Å². The predicted octanol–water partition coefficient (Wildman–Crippen LogP) is 2.28. The number of esters is 1. The largest absolute Gasteiger partial charge is 0.465 e. The third-order valence-corrected chi connectivity index (χ3v) is 4.56. The van der Waals surface area contributed by atoms with Crippen LogP contribution < -0.4 is 10.3 Å². The molecule has 1 atom stereocenters. The molecule has 28 heavy (non-hydrogen) atoms. The Morgan fingerprint density at radius 3 is 2.46 bits per heavy atom. The molecule has 0 unspecified atom stereocenters. The van der Waals surface area contributed by atoms with Gasteiger partial charge in [-0.05, 0) is 36.8 Å². The van der Waals surface area contributed by atoms with Gasteiger partial charge in [-0.3, -0.25) is 9.59 Å². The summed E-state index contributed by atoms with van der Waals surface area (Å²) >= 11 is 0. The molecule has 1 aliphatic rings. The summed E-state index contributed by atoms with van der Waals surface area (Å²) in [5, 5.41) is 3.94. The van der Waals surface area contributed by atoms with E-state index >= 15 is 0 Å². The number of aryl methyl sites for hydroxylation is 1. The van der Waals surface area contributed by atoms with E-state index < -0.39 is 11.9 Å². The van der Waals surface area contributed by atoms with Crippen LogP contribution in [0.25, 0.3) is 0 Å². The van der Waals surface area contributed by atoms with Gasteiger partial charge in [-0.2, -0.15) is 5.10 Å². The van der Waals surface area contributed by atoms with Crippen LogP contribution in [0, 0.1) is 12.8 Å². The highest BCUT2D eigenvalue weighted by Crippen LogP contribution is 2.25. The normalized spacial score (nSPS) is 16.4. The Kier molecular flexibility index (Phi) is 5.84. The smallest absolute Gasteiger partial charge is 0.337 e. The zero-order valence-electron chi connectivity index (χ0n) is 15.7. The van der Waals surface area contributed by atoms with E-state index in [9.17, 15) is 14.4 Å². The topological polar surface area (TPSA) is 88.1 Å². The molecule has 144 valence electrons. The lowest BCUT2D eigenvalue weighted by Gasteiger charge is -2.16. The van der Waals surface area contributed by atoms with E-state index in [1.807, 2.05) is 31.2 Å². The van der Waals surface area contributed by atoms with Crippen LogP contribution in [-0.4, -0.2) is 37.7 Å². The summed E-state index contributed by atoms with van der Waals surface area (Å²) in [7, 11) is 1.32. The fourth-order valence-corrected chi connectivity index (χ4v) is 2.94. The zero-order chi connectivity index (χ0) is 20.1. The van der Waals surface area contributed by atoms with Crippen molar-refractivity contribution in [2.75, 3.05) is 18.6 Å². The number of benzene rings is 2. The lowest BCUT2D eigenvalue weighted by molar-refractivity contribution is -0.126. The molecule has 7 nitrogen and oxygen atoms in total. The van der Waals surface area contributed by atoms with Crippen molar-refractivity contribution in [2.24, 2.45) is 11.0 Å². The Labute approximate surface area is 163 Å². The maximum atomic E-state index is 12.3. The van der Waals surface area contributed by atoms with Gasteiger partial charge in [0.15, 0.2) is 0 Å². The first-order chi connectivity index (χ1) is 13.5. The summed E-state index contributed by atoms with van der Waals surface area (Å²) < 4.78 is 4.64. The number of nitrogens with one attached hydrogen (secondary N) is 1.